The van der Waals surface area contributed by atoms with Crippen LogP contribution < -0.4 is 16.6 Å². The number of amides is 1. The maximum Gasteiger partial charge on any atom is 0.329 e. The van der Waals surface area contributed by atoms with Crippen molar-refractivity contribution in [1.29, 1.82) is 0 Å². The Balaban J connectivity index is 2.86. The number of aromatic amines is 1. The Kier molecular flexibility index (Phi) is 4.95. The van der Waals surface area contributed by atoms with E-state index >= 15 is 0 Å². The van der Waals surface area contributed by atoms with Gasteiger partial charge in [0.2, 0.25) is 0 Å². The summed E-state index contributed by atoms with van der Waals surface area (Å²) in [6, 6.07) is 1.55. The van der Waals surface area contributed by atoms with E-state index in [1.165, 1.54) is 4.57 Å². The summed E-state index contributed by atoms with van der Waals surface area (Å²) in [7, 11) is 0. The van der Waals surface area contributed by atoms with E-state index < -0.39 is 17.2 Å². The predicted molar refractivity (Wildman–Crippen MR) is 85.8 cm³/mol. The molecule has 0 aliphatic carbocycles. The Bertz CT molecular complexity index is 851. The molecule has 0 atom stereocenters. The van der Waals surface area contributed by atoms with Crippen LogP contribution >= 0.6 is 0 Å². The number of aliphatic hydroxyl groups excluding tert-OH is 1. The minimum absolute atomic E-state index is 0.0171. The van der Waals surface area contributed by atoms with Gasteiger partial charge in [0, 0.05) is 18.8 Å². The number of aromatic nitrogens is 3. The lowest BCUT2D eigenvalue weighted by molar-refractivity contribution is 0.0946. The second-order valence-electron chi connectivity index (χ2n) is 5.43. The normalized spacial score (nSPS) is 11.2. The molecule has 23 heavy (non-hydrogen) atoms. The fraction of sp³-hybridized carbons (Fsp3) is 0.467. The van der Waals surface area contributed by atoms with Gasteiger partial charge in [0.1, 0.15) is 0 Å². The molecule has 0 radical (unpaired) electrons. The van der Waals surface area contributed by atoms with Crippen LogP contribution in [0.5, 0.6) is 0 Å². The van der Waals surface area contributed by atoms with Crippen LogP contribution in [0.15, 0.2) is 15.7 Å². The number of hydrogen-bond acceptors (Lipinski definition) is 5. The number of aryl methyl sites for hydroxylation is 1. The molecule has 3 N–H and O–H groups in total. The Morgan fingerprint density at radius 2 is 2.13 bits per heavy atom. The average Bonchev–Trinajstić information content (AvgIpc) is 2.51. The SMILES string of the molecule is CCn1c(=O)[nH]c(=O)c2c(C(=O)NCCO)cc(C(C)C)nc21. The summed E-state index contributed by atoms with van der Waals surface area (Å²) in [6.45, 7) is 5.76. The Labute approximate surface area is 132 Å². The second-order valence-corrected chi connectivity index (χ2v) is 5.43. The van der Waals surface area contributed by atoms with Crippen LogP contribution in [-0.2, 0) is 6.54 Å². The van der Waals surface area contributed by atoms with Gasteiger partial charge in [-0.3, -0.25) is 19.1 Å². The highest BCUT2D eigenvalue weighted by Crippen LogP contribution is 2.19. The topological polar surface area (TPSA) is 117 Å². The van der Waals surface area contributed by atoms with Crippen LogP contribution in [0.1, 0.15) is 42.7 Å². The molecule has 1 amide bonds. The molecule has 124 valence electrons. The van der Waals surface area contributed by atoms with E-state index in [2.05, 4.69) is 15.3 Å². The molecule has 0 aliphatic rings. The molecule has 0 spiro atoms. The number of hydrogen-bond donors (Lipinski definition) is 3. The third-order valence-electron chi connectivity index (χ3n) is 3.52. The van der Waals surface area contributed by atoms with E-state index in [9.17, 15) is 14.4 Å². The molecule has 2 heterocycles. The molecule has 2 aromatic rings. The van der Waals surface area contributed by atoms with Crippen LogP contribution in [0.3, 0.4) is 0 Å². The van der Waals surface area contributed by atoms with Gasteiger partial charge in [0.05, 0.1) is 17.6 Å². The number of nitrogens with zero attached hydrogens (tertiary/aromatic N) is 2. The minimum Gasteiger partial charge on any atom is -0.395 e. The zero-order valence-electron chi connectivity index (χ0n) is 13.3. The first-order valence-corrected chi connectivity index (χ1v) is 7.47. The van der Waals surface area contributed by atoms with Gasteiger partial charge in [-0.25, -0.2) is 9.78 Å². The quantitative estimate of drug-likeness (QED) is 0.714. The van der Waals surface area contributed by atoms with Gasteiger partial charge in [0.15, 0.2) is 5.65 Å². The first kappa shape index (κ1) is 16.9. The molecule has 8 nitrogen and oxygen atoms in total. The van der Waals surface area contributed by atoms with Crippen LogP contribution in [0, 0.1) is 0 Å². The lowest BCUT2D eigenvalue weighted by Gasteiger charge is -2.13. The molecule has 0 aromatic carbocycles. The second kappa shape index (κ2) is 6.74. The zero-order valence-corrected chi connectivity index (χ0v) is 13.3. The summed E-state index contributed by atoms with van der Waals surface area (Å²) >= 11 is 0. The van der Waals surface area contributed by atoms with Gasteiger partial charge >= 0.3 is 5.69 Å². The Morgan fingerprint density at radius 1 is 1.43 bits per heavy atom. The fourth-order valence-corrected chi connectivity index (χ4v) is 2.33. The maximum absolute atomic E-state index is 12.3. The average molecular weight is 320 g/mol. The highest BCUT2D eigenvalue weighted by Gasteiger charge is 2.19. The van der Waals surface area contributed by atoms with Gasteiger partial charge in [-0.05, 0) is 18.9 Å². The molecule has 2 aromatic heterocycles. The molecule has 0 unspecified atom stereocenters. The molecule has 0 aliphatic heterocycles. The van der Waals surface area contributed by atoms with Gasteiger partial charge < -0.3 is 10.4 Å². The molecular formula is C15H20N4O4. The summed E-state index contributed by atoms with van der Waals surface area (Å²) in [6.07, 6.45) is 0. The Hall–Kier alpha value is -2.48. The van der Waals surface area contributed by atoms with Crippen LogP contribution in [0.2, 0.25) is 0 Å². The first-order chi connectivity index (χ1) is 10.9. The zero-order chi connectivity index (χ0) is 17.1. The van der Waals surface area contributed by atoms with E-state index in [-0.39, 0.29) is 35.7 Å². The van der Waals surface area contributed by atoms with Crippen LogP contribution in [-0.4, -0.2) is 38.7 Å². The molecule has 0 saturated heterocycles. The minimum atomic E-state index is -0.647. The fourth-order valence-electron chi connectivity index (χ4n) is 2.33. The number of fused-ring (bicyclic) bond motifs is 1. The van der Waals surface area contributed by atoms with Crippen molar-refractivity contribution in [3.05, 3.63) is 38.2 Å². The van der Waals surface area contributed by atoms with Gasteiger partial charge in [-0.2, -0.15) is 0 Å². The lowest BCUT2D eigenvalue weighted by Crippen LogP contribution is -2.33. The van der Waals surface area contributed by atoms with Crippen molar-refractivity contribution in [1.82, 2.24) is 19.9 Å². The van der Waals surface area contributed by atoms with Crippen molar-refractivity contribution >= 4 is 16.9 Å². The molecule has 2 rings (SSSR count). The van der Waals surface area contributed by atoms with Crippen molar-refractivity contribution in [2.24, 2.45) is 0 Å². The third-order valence-corrected chi connectivity index (χ3v) is 3.52. The maximum atomic E-state index is 12.3. The van der Waals surface area contributed by atoms with Crippen molar-refractivity contribution < 1.29 is 9.90 Å². The molecule has 0 bridgehead atoms. The first-order valence-electron chi connectivity index (χ1n) is 7.47. The van der Waals surface area contributed by atoms with Gasteiger partial charge in [-0.15, -0.1) is 0 Å². The summed E-state index contributed by atoms with van der Waals surface area (Å²) in [5.74, 6) is -0.469. The molecule has 8 heteroatoms. The summed E-state index contributed by atoms with van der Waals surface area (Å²) in [5, 5.41) is 11.5. The largest absolute Gasteiger partial charge is 0.395 e. The standard InChI is InChI=1S/C15H20N4O4/c1-4-19-12-11(14(22)18-15(19)23)9(13(21)16-5-6-20)7-10(17-12)8(2)3/h7-8,20H,4-6H2,1-3H3,(H,16,21)(H,18,22,23). The van der Waals surface area contributed by atoms with E-state index in [4.69, 9.17) is 5.11 Å². The van der Waals surface area contributed by atoms with Crippen molar-refractivity contribution in [3.8, 4) is 0 Å². The molecular weight excluding hydrogens is 300 g/mol. The molecule has 0 fully saturated rings. The highest BCUT2D eigenvalue weighted by molar-refractivity contribution is 6.05. The Morgan fingerprint density at radius 3 is 2.70 bits per heavy atom. The van der Waals surface area contributed by atoms with Crippen molar-refractivity contribution in [2.45, 2.75) is 33.2 Å². The smallest absolute Gasteiger partial charge is 0.329 e. The summed E-state index contributed by atoms with van der Waals surface area (Å²) < 4.78 is 1.32. The van der Waals surface area contributed by atoms with E-state index in [0.29, 0.717) is 12.2 Å². The molecule has 0 saturated carbocycles. The number of H-pyrrole nitrogens is 1. The predicted octanol–water partition coefficient (Wildman–Crippen LogP) is -0.0498. The van der Waals surface area contributed by atoms with Crippen LogP contribution in [0.4, 0.5) is 0 Å². The number of rotatable bonds is 5. The summed E-state index contributed by atoms with van der Waals surface area (Å²) in [4.78, 5) is 43.1. The number of aliphatic hydroxyl groups is 1. The lowest BCUT2D eigenvalue weighted by atomic mass is 10.0. The number of nitrogens with one attached hydrogen (secondary N) is 2. The van der Waals surface area contributed by atoms with Gasteiger partial charge in [-0.1, -0.05) is 13.8 Å². The van der Waals surface area contributed by atoms with E-state index in [1.54, 1.807) is 13.0 Å². The summed E-state index contributed by atoms with van der Waals surface area (Å²) in [5.41, 5.74) is -0.247. The highest BCUT2D eigenvalue weighted by atomic mass is 16.3. The van der Waals surface area contributed by atoms with Crippen molar-refractivity contribution in [2.75, 3.05) is 13.2 Å². The number of carbonyl (C=O) groups is 1. The number of carbonyl (C=O) groups excluding carboxylic acids is 1. The van der Waals surface area contributed by atoms with Gasteiger partial charge in [0.25, 0.3) is 11.5 Å². The third kappa shape index (κ3) is 3.16. The number of pyridine rings is 1. The van der Waals surface area contributed by atoms with Crippen LogP contribution in [0.25, 0.3) is 11.0 Å². The van der Waals surface area contributed by atoms with E-state index in [1.807, 2.05) is 13.8 Å². The monoisotopic (exact) mass is 320 g/mol. The van der Waals surface area contributed by atoms with Crippen molar-refractivity contribution in [3.63, 3.8) is 0 Å². The van der Waals surface area contributed by atoms with E-state index in [0.717, 1.165) is 0 Å².